The Kier molecular flexibility index (Phi) is 8.25. The summed E-state index contributed by atoms with van der Waals surface area (Å²) in [6.45, 7) is 2.06. The van der Waals surface area contributed by atoms with E-state index in [0.29, 0.717) is 6.61 Å². The Balaban J connectivity index is 0. The molecule has 0 aromatic heterocycles. The van der Waals surface area contributed by atoms with E-state index in [1.165, 1.54) is 0 Å². The molecule has 4 heteroatoms. The number of carbonyl (C=O) groups excluding carboxylic acids is 1. The first kappa shape index (κ1) is 9.94. The maximum atomic E-state index is 9.60. The fourth-order valence-electron chi connectivity index (χ4n) is 0.142. The van der Waals surface area contributed by atoms with Crippen molar-refractivity contribution < 1.29 is 9.53 Å². The molecule has 0 rings (SSSR count). The van der Waals surface area contributed by atoms with Gasteiger partial charge in [0.2, 0.25) is 0 Å². The molecule has 0 saturated heterocycles. The second kappa shape index (κ2) is 5.81. The molecule has 0 unspecified atom stereocenters. The van der Waals surface area contributed by atoms with E-state index in [4.69, 9.17) is 0 Å². The first-order valence-electron chi connectivity index (χ1n) is 1.69. The fraction of sp³-hybridized carbons (Fsp3) is 0.667. The first-order valence-corrected chi connectivity index (χ1v) is 1.69. The van der Waals surface area contributed by atoms with Crippen LogP contribution in [-0.4, -0.2) is 30.3 Å². The summed E-state index contributed by atoms with van der Waals surface area (Å²) >= 11 is 0. The van der Waals surface area contributed by atoms with Gasteiger partial charge in [0.05, 0.1) is 6.61 Å². The molecule has 0 aromatic carbocycles. The zero-order chi connectivity index (χ0) is 4.99. The van der Waals surface area contributed by atoms with Crippen LogP contribution in [0.5, 0.6) is 0 Å². The number of ether oxygens (including phenoxy) is 1. The van der Waals surface area contributed by atoms with E-state index >= 15 is 0 Å². The first-order chi connectivity index (χ1) is 2.77. The molecule has 0 atom stereocenters. The molecule has 0 bridgehead atoms. The number of hydrogen-bond donors (Lipinski definition) is 1. The van der Waals surface area contributed by atoms with Gasteiger partial charge in [-0.2, -0.15) is 0 Å². The van der Waals surface area contributed by atoms with Crippen LogP contribution in [0.3, 0.4) is 0 Å². The standard InChI is InChI=1S/C3H7NO2.GeH4/c1-2-6-3(4)5;/h2H2,1H3,(H2,4,5);1H4. The molecule has 0 aromatic rings. The van der Waals surface area contributed by atoms with Gasteiger partial charge in [-0.3, -0.25) is 0 Å². The molecule has 1 amide bonds. The average Bonchev–Trinajstić information content (AvgIpc) is 1.35. The summed E-state index contributed by atoms with van der Waals surface area (Å²) < 4.78 is 4.18. The zero-order valence-electron chi connectivity index (χ0n) is 3.60. The van der Waals surface area contributed by atoms with Crippen LogP contribution in [0.4, 0.5) is 4.79 Å². The molecular formula is C3H11GeNO2. The summed E-state index contributed by atoms with van der Waals surface area (Å²) in [5.41, 5.74) is 4.54. The molecule has 0 aliphatic rings. The van der Waals surface area contributed by atoms with Crippen LogP contribution >= 0.6 is 0 Å². The van der Waals surface area contributed by atoms with Gasteiger partial charge in [0.1, 0.15) is 0 Å². The van der Waals surface area contributed by atoms with Gasteiger partial charge in [-0.15, -0.1) is 0 Å². The van der Waals surface area contributed by atoms with Crippen molar-refractivity contribution in [1.82, 2.24) is 0 Å². The van der Waals surface area contributed by atoms with Gasteiger partial charge < -0.3 is 10.5 Å². The molecule has 2 N–H and O–H groups in total. The van der Waals surface area contributed by atoms with Crippen molar-refractivity contribution in [1.29, 1.82) is 0 Å². The van der Waals surface area contributed by atoms with Crippen molar-refractivity contribution in [3.63, 3.8) is 0 Å². The van der Waals surface area contributed by atoms with Crippen LogP contribution in [0.2, 0.25) is 0 Å². The monoisotopic (exact) mass is 167 g/mol. The van der Waals surface area contributed by atoms with Gasteiger partial charge in [-0.05, 0) is 6.92 Å². The van der Waals surface area contributed by atoms with Crippen molar-refractivity contribution in [3.8, 4) is 0 Å². The topological polar surface area (TPSA) is 52.3 Å². The second-order valence-corrected chi connectivity index (χ2v) is 0.752. The maximum absolute atomic E-state index is 9.60. The normalized spacial score (nSPS) is 6.43. The molecule has 0 spiro atoms. The molecule has 44 valence electrons. The Labute approximate surface area is 53.2 Å². The van der Waals surface area contributed by atoms with Crippen molar-refractivity contribution in [2.45, 2.75) is 6.92 Å². The Morgan fingerprint density at radius 1 is 1.86 bits per heavy atom. The Bertz CT molecular complexity index is 56.9. The molecule has 0 radical (unpaired) electrons. The van der Waals surface area contributed by atoms with Crippen molar-refractivity contribution in [3.05, 3.63) is 0 Å². The van der Waals surface area contributed by atoms with E-state index in [0.717, 1.165) is 0 Å². The minimum atomic E-state index is -0.711. The third-order valence-corrected chi connectivity index (χ3v) is 0.287. The van der Waals surface area contributed by atoms with Gasteiger partial charge in [-0.25, -0.2) is 4.79 Å². The predicted octanol–water partition coefficient (Wildman–Crippen LogP) is -1.35. The number of primary amides is 1. The van der Waals surface area contributed by atoms with Gasteiger partial charge in [0.25, 0.3) is 0 Å². The number of carbonyl (C=O) groups is 1. The van der Waals surface area contributed by atoms with Gasteiger partial charge in [0.15, 0.2) is 0 Å². The molecule has 7 heavy (non-hydrogen) atoms. The Morgan fingerprint density at radius 3 is 2.29 bits per heavy atom. The molecule has 3 nitrogen and oxygen atoms in total. The average molecular weight is 166 g/mol. The quantitative estimate of drug-likeness (QED) is 0.489. The van der Waals surface area contributed by atoms with Gasteiger partial charge in [0, 0.05) is 0 Å². The SMILES string of the molecule is CCOC(N)=O.[GeH4]. The Hall–Kier alpha value is -0.187. The molecular weight excluding hydrogens is 155 g/mol. The van der Waals surface area contributed by atoms with E-state index < -0.39 is 6.09 Å². The molecule has 0 heterocycles. The Morgan fingerprint density at radius 2 is 2.29 bits per heavy atom. The summed E-state index contributed by atoms with van der Waals surface area (Å²) in [4.78, 5) is 9.60. The molecule has 0 aliphatic heterocycles. The van der Waals surface area contributed by atoms with Crippen molar-refractivity contribution in [2.24, 2.45) is 5.73 Å². The summed E-state index contributed by atoms with van der Waals surface area (Å²) in [5.74, 6) is 0. The van der Waals surface area contributed by atoms with Crippen molar-refractivity contribution >= 4 is 23.7 Å². The van der Waals surface area contributed by atoms with E-state index in [1.54, 1.807) is 6.92 Å². The third-order valence-electron chi connectivity index (χ3n) is 0.287. The van der Waals surface area contributed by atoms with Crippen LogP contribution in [0.25, 0.3) is 0 Å². The van der Waals surface area contributed by atoms with Crippen LogP contribution in [0, 0.1) is 0 Å². The predicted molar refractivity (Wildman–Crippen MR) is 32.5 cm³/mol. The van der Waals surface area contributed by atoms with Crippen LogP contribution in [-0.2, 0) is 4.74 Å². The van der Waals surface area contributed by atoms with Crippen LogP contribution < -0.4 is 5.73 Å². The summed E-state index contributed by atoms with van der Waals surface area (Å²) in [6.07, 6.45) is -0.711. The summed E-state index contributed by atoms with van der Waals surface area (Å²) in [6, 6.07) is 0. The number of amides is 1. The third kappa shape index (κ3) is 10.7. The molecule has 0 fully saturated rings. The molecule has 0 saturated carbocycles. The van der Waals surface area contributed by atoms with Crippen molar-refractivity contribution in [2.75, 3.05) is 6.61 Å². The number of nitrogens with two attached hydrogens (primary N) is 1. The molecule has 0 aliphatic carbocycles. The summed E-state index contributed by atoms with van der Waals surface area (Å²) in [5, 5.41) is 0. The van der Waals surface area contributed by atoms with Crippen LogP contribution in [0.1, 0.15) is 6.92 Å². The second-order valence-electron chi connectivity index (χ2n) is 0.752. The van der Waals surface area contributed by atoms with E-state index in [2.05, 4.69) is 10.5 Å². The van der Waals surface area contributed by atoms with Gasteiger partial charge >= 0.3 is 23.7 Å². The summed E-state index contributed by atoms with van der Waals surface area (Å²) in [7, 11) is 0. The van der Waals surface area contributed by atoms with Gasteiger partial charge in [-0.1, -0.05) is 0 Å². The minimum absolute atomic E-state index is 0. The van der Waals surface area contributed by atoms with E-state index in [-0.39, 0.29) is 17.6 Å². The number of rotatable bonds is 1. The van der Waals surface area contributed by atoms with E-state index in [9.17, 15) is 4.79 Å². The zero-order valence-corrected chi connectivity index (χ0v) is 3.60. The van der Waals surface area contributed by atoms with Crippen LogP contribution in [0.15, 0.2) is 0 Å². The van der Waals surface area contributed by atoms with E-state index in [1.807, 2.05) is 0 Å². The fourth-order valence-corrected chi connectivity index (χ4v) is 0.142. The number of hydrogen-bond acceptors (Lipinski definition) is 2.